The highest BCUT2D eigenvalue weighted by molar-refractivity contribution is 5.82. The quantitative estimate of drug-likeness (QED) is 0.131. The molecule has 0 saturated heterocycles. The monoisotopic (exact) mass is 390 g/mol. The maximum Gasteiger partial charge on any atom is 0.331 e. The molecule has 1 unspecified atom stereocenters. The average Bonchev–Trinajstić information content (AvgIpc) is 2.66. The van der Waals surface area contributed by atoms with E-state index >= 15 is 0 Å². The predicted octanol–water partition coefficient (Wildman–Crippen LogP) is 6.61. The number of hydrogen-bond donors (Lipinski definition) is 0. The molecule has 1 atom stereocenters. The smallest absolute Gasteiger partial charge is 0.331 e. The van der Waals surface area contributed by atoms with Gasteiger partial charge in [0.15, 0.2) is 0 Å². The number of ether oxygens (including phenoxy) is 2. The normalized spacial score (nSPS) is 13.1. The first-order valence-electron chi connectivity index (χ1n) is 10.1. The number of carbonyl (C=O) groups excluding carboxylic acids is 2. The van der Waals surface area contributed by atoms with Gasteiger partial charge >= 0.3 is 11.9 Å². The topological polar surface area (TPSA) is 52.6 Å². The fourth-order valence-corrected chi connectivity index (χ4v) is 1.77. The van der Waals surface area contributed by atoms with Gasteiger partial charge in [0.1, 0.15) is 0 Å². The van der Waals surface area contributed by atoms with E-state index in [2.05, 4.69) is 6.92 Å². The molecule has 0 bridgehead atoms. The lowest BCUT2D eigenvalue weighted by Crippen LogP contribution is -2.11. The third kappa shape index (κ3) is 21.7. The maximum absolute atomic E-state index is 11.2. The Morgan fingerprint density at radius 2 is 1.68 bits per heavy atom. The summed E-state index contributed by atoms with van der Waals surface area (Å²) in [7, 11) is 0. The lowest BCUT2D eigenvalue weighted by atomic mass is 10.2. The Kier molecular flexibility index (Phi) is 20.8. The highest BCUT2D eigenvalue weighted by Crippen LogP contribution is 2.01. The van der Waals surface area contributed by atoms with E-state index < -0.39 is 0 Å². The van der Waals surface area contributed by atoms with Crippen LogP contribution in [0.3, 0.4) is 0 Å². The van der Waals surface area contributed by atoms with Crippen LogP contribution in [0.5, 0.6) is 0 Å². The van der Waals surface area contributed by atoms with Crippen LogP contribution in [0.15, 0.2) is 60.4 Å². The number of rotatable bonds is 11. The molecule has 0 fully saturated rings. The third-order valence-electron chi connectivity index (χ3n) is 3.48. The van der Waals surface area contributed by atoms with Crippen LogP contribution >= 0.6 is 0 Å². The molecule has 0 aliphatic carbocycles. The summed E-state index contributed by atoms with van der Waals surface area (Å²) in [6, 6.07) is 0. The van der Waals surface area contributed by atoms with Crippen molar-refractivity contribution in [3.63, 3.8) is 0 Å². The van der Waals surface area contributed by atoms with Gasteiger partial charge in [0, 0.05) is 12.5 Å². The average molecular weight is 391 g/mol. The van der Waals surface area contributed by atoms with Crippen molar-refractivity contribution in [2.45, 2.75) is 79.8 Å². The molecule has 0 spiro atoms. The minimum Gasteiger partial charge on any atom is -0.460 e. The Morgan fingerprint density at radius 3 is 2.25 bits per heavy atom. The molecule has 0 amide bonds. The van der Waals surface area contributed by atoms with Crippen LogP contribution in [0.2, 0.25) is 0 Å². The summed E-state index contributed by atoms with van der Waals surface area (Å²) in [6.45, 7) is 11.8. The zero-order chi connectivity index (χ0) is 21.6. The zero-order valence-corrected chi connectivity index (χ0v) is 18.4. The Balaban J connectivity index is 0. The lowest BCUT2D eigenvalue weighted by molar-refractivity contribution is -0.142. The summed E-state index contributed by atoms with van der Waals surface area (Å²) in [5.41, 5.74) is 1.10. The van der Waals surface area contributed by atoms with Crippen LogP contribution in [-0.2, 0) is 19.1 Å². The van der Waals surface area contributed by atoms with Crippen molar-refractivity contribution in [1.29, 1.82) is 0 Å². The van der Waals surface area contributed by atoms with E-state index in [-0.39, 0.29) is 18.0 Å². The van der Waals surface area contributed by atoms with Crippen molar-refractivity contribution in [2.75, 3.05) is 0 Å². The van der Waals surface area contributed by atoms with Crippen molar-refractivity contribution in [3.05, 3.63) is 60.4 Å². The Labute approximate surface area is 171 Å². The van der Waals surface area contributed by atoms with Gasteiger partial charge in [-0.25, -0.2) is 4.79 Å². The first-order chi connectivity index (χ1) is 13.4. The lowest BCUT2D eigenvalue weighted by Gasteiger charge is -2.07. The minimum atomic E-state index is -0.283. The van der Waals surface area contributed by atoms with Crippen LogP contribution in [0, 0.1) is 0 Å². The van der Waals surface area contributed by atoms with E-state index in [9.17, 15) is 9.59 Å². The summed E-state index contributed by atoms with van der Waals surface area (Å²) in [6.07, 6.45) is 20.3. The number of unbranched alkanes of at least 4 members (excludes halogenated alkanes) is 2. The van der Waals surface area contributed by atoms with E-state index in [4.69, 9.17) is 9.47 Å². The van der Waals surface area contributed by atoms with E-state index in [1.54, 1.807) is 12.2 Å². The predicted molar refractivity (Wildman–Crippen MR) is 118 cm³/mol. The van der Waals surface area contributed by atoms with Crippen molar-refractivity contribution >= 4 is 11.9 Å². The Morgan fingerprint density at radius 1 is 0.964 bits per heavy atom. The number of allylic oxidation sites excluding steroid dienone is 8. The molecule has 0 saturated carbocycles. The van der Waals surface area contributed by atoms with E-state index in [1.807, 2.05) is 65.0 Å². The summed E-state index contributed by atoms with van der Waals surface area (Å²) >= 11 is 0. The van der Waals surface area contributed by atoms with Crippen molar-refractivity contribution < 1.29 is 19.1 Å². The Hall–Kier alpha value is -2.36. The van der Waals surface area contributed by atoms with Gasteiger partial charge in [0.2, 0.25) is 0 Å². The van der Waals surface area contributed by atoms with Gasteiger partial charge in [-0.3, -0.25) is 4.79 Å². The van der Waals surface area contributed by atoms with Crippen LogP contribution in [-0.4, -0.2) is 18.0 Å². The molecule has 0 radical (unpaired) electrons. The van der Waals surface area contributed by atoms with Gasteiger partial charge in [-0.15, -0.1) is 0 Å². The molecular weight excluding hydrogens is 352 g/mol. The highest BCUT2D eigenvalue weighted by Gasteiger charge is 2.02. The van der Waals surface area contributed by atoms with Crippen LogP contribution in [0.25, 0.3) is 0 Å². The fraction of sp³-hybridized carbons (Fsp3) is 0.500. The third-order valence-corrected chi connectivity index (χ3v) is 3.48. The molecule has 0 heterocycles. The number of hydrogen-bond acceptors (Lipinski definition) is 4. The molecule has 0 N–H and O–H groups in total. The van der Waals surface area contributed by atoms with Gasteiger partial charge in [-0.05, 0) is 46.6 Å². The molecule has 4 nitrogen and oxygen atoms in total. The second-order valence-corrected chi connectivity index (χ2v) is 6.23. The highest BCUT2D eigenvalue weighted by atomic mass is 16.5. The summed E-state index contributed by atoms with van der Waals surface area (Å²) in [4.78, 5) is 22.2. The first-order valence-corrected chi connectivity index (χ1v) is 10.1. The second kappa shape index (κ2) is 20.9. The van der Waals surface area contributed by atoms with Crippen molar-refractivity contribution in [3.8, 4) is 0 Å². The van der Waals surface area contributed by atoms with Gasteiger partial charge < -0.3 is 9.47 Å². The molecule has 4 heteroatoms. The summed E-state index contributed by atoms with van der Waals surface area (Å²) < 4.78 is 9.89. The molecule has 158 valence electrons. The van der Waals surface area contributed by atoms with Gasteiger partial charge in [-0.1, -0.05) is 68.7 Å². The first kappa shape index (κ1) is 27.9. The van der Waals surface area contributed by atoms with E-state index in [0.717, 1.165) is 31.3 Å². The largest absolute Gasteiger partial charge is 0.460 e. The van der Waals surface area contributed by atoms with Gasteiger partial charge in [0.25, 0.3) is 0 Å². The Bertz CT molecular complexity index is 551. The number of esters is 2. The van der Waals surface area contributed by atoms with Crippen molar-refractivity contribution in [1.82, 2.24) is 0 Å². The zero-order valence-electron chi connectivity index (χ0n) is 18.4. The van der Waals surface area contributed by atoms with E-state index in [1.165, 1.54) is 12.3 Å². The molecular formula is C24H38O4. The maximum atomic E-state index is 11.2. The molecule has 0 rings (SSSR count). The summed E-state index contributed by atoms with van der Waals surface area (Å²) in [5, 5.41) is 0. The van der Waals surface area contributed by atoms with Crippen molar-refractivity contribution in [2.24, 2.45) is 0 Å². The molecule has 0 aromatic carbocycles. The second-order valence-electron chi connectivity index (χ2n) is 6.23. The standard InChI is InChI=1S/C13H20O2.C11H18O2/c1-5-8-11(3)9-7-10-13(14)15-12(4)6-2;1-3-5-7-9-11(12)13-10-8-6-4-2/h5,7-10,12H,6H2,1-4H3;4,6,8,10H,3,5,7,9H2,1-2H3/b8-5-,10-7+,11-9-;6-4-,10-8+. The molecule has 0 aromatic heterocycles. The van der Waals surface area contributed by atoms with Crippen LogP contribution < -0.4 is 0 Å². The SMILES string of the molecule is C/C=C\C=C\OC(=O)CCCCC.C\C=C/C(C)=C\C=C\C(=O)OC(C)CC. The minimum absolute atomic E-state index is 0.0113. The molecule has 0 aromatic rings. The summed E-state index contributed by atoms with van der Waals surface area (Å²) in [5.74, 6) is -0.428. The fourth-order valence-electron chi connectivity index (χ4n) is 1.77. The van der Waals surface area contributed by atoms with Crippen LogP contribution in [0.4, 0.5) is 0 Å². The molecule has 0 aliphatic rings. The number of carbonyl (C=O) groups is 2. The van der Waals surface area contributed by atoms with E-state index in [0.29, 0.717) is 6.42 Å². The van der Waals surface area contributed by atoms with Gasteiger partial charge in [0.05, 0.1) is 12.4 Å². The van der Waals surface area contributed by atoms with Crippen LogP contribution in [0.1, 0.15) is 73.6 Å². The molecule has 28 heavy (non-hydrogen) atoms. The molecule has 0 aliphatic heterocycles. The van der Waals surface area contributed by atoms with Gasteiger partial charge in [-0.2, -0.15) is 0 Å².